The van der Waals surface area contributed by atoms with Crippen molar-refractivity contribution >= 4 is 23.6 Å². The van der Waals surface area contributed by atoms with Crippen LogP contribution in [0.25, 0.3) is 6.08 Å². The molecule has 0 bridgehead atoms. The smallest absolute Gasteiger partial charge is 0.246 e. The highest BCUT2D eigenvalue weighted by molar-refractivity contribution is 5.93. The van der Waals surface area contributed by atoms with E-state index in [0.717, 1.165) is 11.3 Å². The maximum atomic E-state index is 12.3. The monoisotopic (exact) mass is 350 g/mol. The van der Waals surface area contributed by atoms with Crippen LogP contribution in [0.15, 0.2) is 60.9 Å². The van der Waals surface area contributed by atoms with Crippen LogP contribution in [0, 0.1) is 0 Å². The van der Waals surface area contributed by atoms with Crippen molar-refractivity contribution in [3.63, 3.8) is 0 Å². The molecule has 1 aliphatic heterocycles. The molecule has 134 valence electrons. The fourth-order valence-electron chi connectivity index (χ4n) is 2.80. The molecule has 0 unspecified atom stereocenters. The summed E-state index contributed by atoms with van der Waals surface area (Å²) in [7, 11) is 0. The van der Waals surface area contributed by atoms with Gasteiger partial charge in [-0.1, -0.05) is 24.3 Å². The normalized spacial score (nSPS) is 15.2. The number of carbonyl (C=O) groups excluding carboxylic acids is 2. The van der Waals surface area contributed by atoms with Gasteiger partial charge in [0.15, 0.2) is 0 Å². The first-order valence-electron chi connectivity index (χ1n) is 8.65. The average Bonchev–Trinajstić information content (AvgIpc) is 2.68. The molecule has 1 N–H and O–H groups in total. The van der Waals surface area contributed by atoms with Gasteiger partial charge in [0.05, 0.1) is 6.54 Å². The van der Waals surface area contributed by atoms with E-state index in [1.165, 1.54) is 0 Å². The molecule has 6 nitrogen and oxygen atoms in total. The van der Waals surface area contributed by atoms with Gasteiger partial charge in [-0.15, -0.1) is 0 Å². The first kappa shape index (κ1) is 17.8. The van der Waals surface area contributed by atoms with Crippen LogP contribution in [0.2, 0.25) is 0 Å². The average molecular weight is 350 g/mol. The number of nitrogens with zero attached hydrogens (tertiary/aromatic N) is 3. The van der Waals surface area contributed by atoms with E-state index >= 15 is 0 Å². The lowest BCUT2D eigenvalue weighted by atomic mass is 10.2. The van der Waals surface area contributed by atoms with Gasteiger partial charge in [0, 0.05) is 50.3 Å². The zero-order chi connectivity index (χ0) is 18.2. The van der Waals surface area contributed by atoms with Gasteiger partial charge in [-0.3, -0.25) is 19.5 Å². The van der Waals surface area contributed by atoms with Crippen molar-refractivity contribution in [3.8, 4) is 0 Å². The maximum absolute atomic E-state index is 12.3. The standard InChI is InChI=1S/C20H22N4O2/c25-19(22-18-6-2-1-3-7-18)16-23-11-13-24(14-12-23)20(26)9-8-17-5-4-10-21-15-17/h1-10,15H,11-14,16H2,(H,22,25)/b9-8+. The fraction of sp³-hybridized carbons (Fsp3) is 0.250. The molecule has 2 heterocycles. The Kier molecular flexibility index (Phi) is 6.11. The van der Waals surface area contributed by atoms with Gasteiger partial charge in [-0.05, 0) is 29.8 Å². The number of anilines is 1. The largest absolute Gasteiger partial charge is 0.337 e. The molecule has 0 aliphatic carbocycles. The van der Waals surface area contributed by atoms with Crippen molar-refractivity contribution in [2.24, 2.45) is 0 Å². The van der Waals surface area contributed by atoms with E-state index in [2.05, 4.69) is 15.2 Å². The van der Waals surface area contributed by atoms with E-state index in [-0.39, 0.29) is 11.8 Å². The van der Waals surface area contributed by atoms with Crippen molar-refractivity contribution in [3.05, 3.63) is 66.5 Å². The molecule has 3 rings (SSSR count). The third kappa shape index (κ3) is 5.26. The first-order valence-corrected chi connectivity index (χ1v) is 8.65. The Morgan fingerprint density at radius 1 is 1.04 bits per heavy atom. The lowest BCUT2D eigenvalue weighted by molar-refractivity contribution is -0.127. The Labute approximate surface area is 153 Å². The van der Waals surface area contributed by atoms with E-state index in [9.17, 15) is 9.59 Å². The summed E-state index contributed by atoms with van der Waals surface area (Å²) in [6, 6.07) is 13.2. The molecule has 2 amide bonds. The third-order valence-electron chi connectivity index (χ3n) is 4.21. The van der Waals surface area contributed by atoms with Crippen molar-refractivity contribution in [2.75, 3.05) is 38.0 Å². The zero-order valence-electron chi connectivity index (χ0n) is 14.5. The summed E-state index contributed by atoms with van der Waals surface area (Å²) >= 11 is 0. The van der Waals surface area contributed by atoms with E-state index < -0.39 is 0 Å². The molecule has 0 spiro atoms. The second kappa shape index (κ2) is 8.92. The number of benzene rings is 1. The lowest BCUT2D eigenvalue weighted by Crippen LogP contribution is -2.50. The Balaban J connectivity index is 1.43. The van der Waals surface area contributed by atoms with Crippen LogP contribution in [0.4, 0.5) is 5.69 Å². The van der Waals surface area contributed by atoms with E-state index in [1.807, 2.05) is 42.5 Å². The molecule has 26 heavy (non-hydrogen) atoms. The second-order valence-electron chi connectivity index (χ2n) is 6.14. The molecule has 0 saturated carbocycles. The number of hydrogen-bond donors (Lipinski definition) is 1. The van der Waals surface area contributed by atoms with Crippen molar-refractivity contribution in [1.82, 2.24) is 14.8 Å². The van der Waals surface area contributed by atoms with Crippen LogP contribution in [-0.4, -0.2) is 59.3 Å². The summed E-state index contributed by atoms with van der Waals surface area (Å²) in [6.07, 6.45) is 6.77. The van der Waals surface area contributed by atoms with Crippen molar-refractivity contribution in [2.45, 2.75) is 0 Å². The lowest BCUT2D eigenvalue weighted by Gasteiger charge is -2.33. The first-order chi connectivity index (χ1) is 12.7. The number of piperazine rings is 1. The van der Waals surface area contributed by atoms with E-state index in [1.54, 1.807) is 29.4 Å². The van der Waals surface area contributed by atoms with Gasteiger partial charge in [0.1, 0.15) is 0 Å². The molecule has 0 atom stereocenters. The predicted octanol–water partition coefficient (Wildman–Crippen LogP) is 1.88. The summed E-state index contributed by atoms with van der Waals surface area (Å²) in [4.78, 5) is 32.3. The molecule has 2 aromatic rings. The number of amides is 2. The molecular formula is C20H22N4O2. The minimum Gasteiger partial charge on any atom is -0.337 e. The molecule has 6 heteroatoms. The van der Waals surface area contributed by atoms with Gasteiger partial charge in [0.25, 0.3) is 0 Å². The fourth-order valence-corrected chi connectivity index (χ4v) is 2.80. The van der Waals surface area contributed by atoms with Crippen LogP contribution < -0.4 is 5.32 Å². The highest BCUT2D eigenvalue weighted by Crippen LogP contribution is 2.07. The second-order valence-corrected chi connectivity index (χ2v) is 6.14. The van der Waals surface area contributed by atoms with Gasteiger partial charge < -0.3 is 10.2 Å². The van der Waals surface area contributed by atoms with Crippen molar-refractivity contribution < 1.29 is 9.59 Å². The van der Waals surface area contributed by atoms with Crippen LogP contribution in [0.3, 0.4) is 0 Å². The Bertz CT molecular complexity index is 754. The van der Waals surface area contributed by atoms with Crippen molar-refractivity contribution in [1.29, 1.82) is 0 Å². The number of pyridine rings is 1. The molecule has 1 fully saturated rings. The number of nitrogens with one attached hydrogen (secondary N) is 1. The summed E-state index contributed by atoms with van der Waals surface area (Å²) < 4.78 is 0. The molecule has 1 aliphatic rings. The van der Waals surface area contributed by atoms with Gasteiger partial charge in [0.2, 0.25) is 11.8 Å². The molecule has 1 aromatic heterocycles. The highest BCUT2D eigenvalue weighted by atomic mass is 16.2. The maximum Gasteiger partial charge on any atom is 0.246 e. The van der Waals surface area contributed by atoms with Crippen LogP contribution in [0.5, 0.6) is 0 Å². The molecular weight excluding hydrogens is 328 g/mol. The quantitative estimate of drug-likeness (QED) is 0.836. The number of para-hydroxylation sites is 1. The number of rotatable bonds is 5. The van der Waals surface area contributed by atoms with E-state index in [4.69, 9.17) is 0 Å². The van der Waals surface area contributed by atoms with Crippen LogP contribution in [0.1, 0.15) is 5.56 Å². The van der Waals surface area contributed by atoms with Gasteiger partial charge in [-0.25, -0.2) is 0 Å². The molecule has 1 aromatic carbocycles. The summed E-state index contributed by atoms with van der Waals surface area (Å²) in [5.41, 5.74) is 1.70. The minimum atomic E-state index is -0.0348. The van der Waals surface area contributed by atoms with Gasteiger partial charge >= 0.3 is 0 Å². The van der Waals surface area contributed by atoms with Gasteiger partial charge in [-0.2, -0.15) is 0 Å². The van der Waals surface area contributed by atoms with Crippen LogP contribution in [-0.2, 0) is 9.59 Å². The Morgan fingerprint density at radius 2 is 1.81 bits per heavy atom. The SMILES string of the molecule is O=C(CN1CCN(C(=O)/C=C/c2cccnc2)CC1)Nc1ccccc1. The Morgan fingerprint density at radius 3 is 2.50 bits per heavy atom. The number of carbonyl (C=O) groups is 2. The topological polar surface area (TPSA) is 65.5 Å². The number of aromatic nitrogens is 1. The predicted molar refractivity (Wildman–Crippen MR) is 101 cm³/mol. The van der Waals surface area contributed by atoms with Crippen LogP contribution >= 0.6 is 0 Å². The number of hydrogen-bond acceptors (Lipinski definition) is 4. The summed E-state index contributed by atoms with van der Waals surface area (Å²) in [5.74, 6) is -0.0466. The highest BCUT2D eigenvalue weighted by Gasteiger charge is 2.21. The summed E-state index contributed by atoms with van der Waals surface area (Å²) in [6.45, 7) is 2.95. The third-order valence-corrected chi connectivity index (χ3v) is 4.21. The summed E-state index contributed by atoms with van der Waals surface area (Å²) in [5, 5.41) is 2.88. The molecule has 0 radical (unpaired) electrons. The van der Waals surface area contributed by atoms with E-state index in [0.29, 0.717) is 32.7 Å². The molecule has 1 saturated heterocycles. The minimum absolute atomic E-state index is 0.0118. The Hall–Kier alpha value is -2.99. The zero-order valence-corrected chi connectivity index (χ0v) is 14.5.